The number of aromatic amines is 1. The van der Waals surface area contributed by atoms with Gasteiger partial charge >= 0.3 is 0 Å². The molecular formula is C20H27N3O2S. The zero-order chi connectivity index (χ0) is 18.5. The van der Waals surface area contributed by atoms with E-state index in [1.54, 1.807) is 11.3 Å². The molecule has 0 saturated carbocycles. The minimum atomic E-state index is -0.376. The number of amides is 1. The minimum Gasteiger partial charge on any atom is -0.342 e. The molecule has 0 aromatic carbocycles. The lowest BCUT2D eigenvalue weighted by atomic mass is 9.91. The van der Waals surface area contributed by atoms with Gasteiger partial charge in [0, 0.05) is 29.3 Å². The van der Waals surface area contributed by atoms with Crippen molar-refractivity contribution in [2.45, 2.75) is 65.2 Å². The van der Waals surface area contributed by atoms with Gasteiger partial charge in [-0.25, -0.2) is 4.98 Å². The maximum atomic E-state index is 12.8. The fourth-order valence-corrected chi connectivity index (χ4v) is 5.50. The van der Waals surface area contributed by atoms with Crippen molar-refractivity contribution in [1.82, 2.24) is 14.9 Å². The van der Waals surface area contributed by atoms with E-state index in [9.17, 15) is 9.59 Å². The smallest absolute Gasteiger partial charge is 0.259 e. The summed E-state index contributed by atoms with van der Waals surface area (Å²) in [5.74, 6) is 1.05. The second kappa shape index (κ2) is 6.48. The van der Waals surface area contributed by atoms with Gasteiger partial charge in [0.15, 0.2) is 0 Å². The van der Waals surface area contributed by atoms with Gasteiger partial charge in [0.1, 0.15) is 10.7 Å². The van der Waals surface area contributed by atoms with Gasteiger partial charge in [-0.1, -0.05) is 20.8 Å². The van der Waals surface area contributed by atoms with Crippen molar-refractivity contribution in [3.8, 4) is 0 Å². The number of likely N-dealkylation sites (tertiary alicyclic amines) is 1. The van der Waals surface area contributed by atoms with Crippen LogP contribution in [0.4, 0.5) is 0 Å². The van der Waals surface area contributed by atoms with Gasteiger partial charge in [-0.3, -0.25) is 9.59 Å². The molecular weight excluding hydrogens is 346 g/mol. The van der Waals surface area contributed by atoms with E-state index in [-0.39, 0.29) is 22.8 Å². The van der Waals surface area contributed by atoms with Crippen LogP contribution in [0.2, 0.25) is 0 Å². The summed E-state index contributed by atoms with van der Waals surface area (Å²) in [6, 6.07) is 0. The number of aromatic nitrogens is 2. The standard InChI is InChI=1S/C20H27N3O2S/c1-20(2,3)19(25)23-10-6-7-12(11-23)16-21-17(24)15-13-8-4-5-9-14(13)26-18(15)22-16/h12H,4-11H2,1-3H3,(H,21,22,24)/t12-/m1/s1. The highest BCUT2D eigenvalue weighted by molar-refractivity contribution is 7.18. The van der Waals surface area contributed by atoms with Crippen LogP contribution in [0, 0.1) is 5.41 Å². The Bertz CT molecular complexity index is 906. The molecule has 0 unspecified atom stereocenters. The normalized spacial score (nSPS) is 21.0. The van der Waals surface area contributed by atoms with E-state index in [4.69, 9.17) is 4.98 Å². The molecule has 1 aliphatic heterocycles. The van der Waals surface area contributed by atoms with Crippen LogP contribution in [0.25, 0.3) is 10.2 Å². The lowest BCUT2D eigenvalue weighted by Crippen LogP contribution is -2.45. The maximum Gasteiger partial charge on any atom is 0.259 e. The zero-order valence-electron chi connectivity index (χ0n) is 15.9. The molecule has 1 amide bonds. The first kappa shape index (κ1) is 17.7. The third kappa shape index (κ3) is 3.08. The van der Waals surface area contributed by atoms with Gasteiger partial charge in [0.2, 0.25) is 5.91 Å². The number of rotatable bonds is 1. The van der Waals surface area contributed by atoms with Crippen molar-refractivity contribution in [2.24, 2.45) is 5.41 Å². The molecule has 26 heavy (non-hydrogen) atoms. The Morgan fingerprint density at radius 2 is 2.00 bits per heavy atom. The number of thiophene rings is 1. The van der Waals surface area contributed by atoms with Crippen LogP contribution in [0.1, 0.15) is 68.6 Å². The molecule has 4 rings (SSSR count). The van der Waals surface area contributed by atoms with Gasteiger partial charge in [-0.15, -0.1) is 11.3 Å². The largest absolute Gasteiger partial charge is 0.342 e. The van der Waals surface area contributed by atoms with E-state index in [0.717, 1.165) is 54.7 Å². The molecule has 0 radical (unpaired) electrons. The fraction of sp³-hybridized carbons (Fsp3) is 0.650. The fourth-order valence-electron chi connectivity index (χ4n) is 4.23. The Hall–Kier alpha value is -1.69. The number of H-pyrrole nitrogens is 1. The Balaban J connectivity index is 1.66. The van der Waals surface area contributed by atoms with Crippen LogP contribution in [0.15, 0.2) is 4.79 Å². The minimum absolute atomic E-state index is 0.00340. The summed E-state index contributed by atoms with van der Waals surface area (Å²) >= 11 is 1.69. The van der Waals surface area contributed by atoms with Crippen LogP contribution in [-0.2, 0) is 17.6 Å². The third-order valence-electron chi connectivity index (χ3n) is 5.58. The quantitative estimate of drug-likeness (QED) is 0.830. The van der Waals surface area contributed by atoms with Crippen molar-refractivity contribution in [2.75, 3.05) is 13.1 Å². The summed E-state index contributed by atoms with van der Waals surface area (Å²) in [7, 11) is 0. The van der Waals surface area contributed by atoms with Gasteiger partial charge in [-0.05, 0) is 44.1 Å². The number of nitrogens with zero attached hydrogens (tertiary/aromatic N) is 2. The highest BCUT2D eigenvalue weighted by Gasteiger charge is 2.32. The number of fused-ring (bicyclic) bond motifs is 3. The van der Waals surface area contributed by atoms with E-state index in [2.05, 4.69) is 4.98 Å². The molecule has 1 saturated heterocycles. The summed E-state index contributed by atoms with van der Waals surface area (Å²) in [5.41, 5.74) is 0.854. The van der Waals surface area contributed by atoms with E-state index in [1.807, 2.05) is 25.7 Å². The monoisotopic (exact) mass is 373 g/mol. The van der Waals surface area contributed by atoms with Crippen molar-refractivity contribution in [3.05, 3.63) is 26.6 Å². The molecule has 1 fully saturated rings. The number of hydrogen-bond acceptors (Lipinski definition) is 4. The number of nitrogens with one attached hydrogen (secondary N) is 1. The van der Waals surface area contributed by atoms with Crippen molar-refractivity contribution in [1.29, 1.82) is 0 Å². The van der Waals surface area contributed by atoms with E-state index in [1.165, 1.54) is 16.9 Å². The molecule has 140 valence electrons. The Morgan fingerprint density at radius 3 is 2.77 bits per heavy atom. The maximum absolute atomic E-state index is 12.8. The molecule has 1 aliphatic carbocycles. The number of carbonyl (C=O) groups excluding carboxylic acids is 1. The Labute approximate surface area is 157 Å². The molecule has 2 aliphatic rings. The molecule has 2 aromatic rings. The van der Waals surface area contributed by atoms with Gasteiger partial charge in [0.05, 0.1) is 5.39 Å². The predicted molar refractivity (Wildman–Crippen MR) is 105 cm³/mol. The first-order valence-corrected chi connectivity index (χ1v) is 10.5. The molecule has 1 N–H and O–H groups in total. The van der Waals surface area contributed by atoms with Crippen molar-refractivity contribution < 1.29 is 4.79 Å². The molecule has 0 spiro atoms. The highest BCUT2D eigenvalue weighted by Crippen LogP contribution is 2.35. The lowest BCUT2D eigenvalue weighted by molar-refractivity contribution is -0.140. The SMILES string of the molecule is CC(C)(C)C(=O)N1CCC[C@@H](c2nc3sc4c(c3c(=O)[nH]2)CCCC4)C1. The van der Waals surface area contributed by atoms with Crippen LogP contribution >= 0.6 is 11.3 Å². The summed E-state index contributed by atoms with van der Waals surface area (Å²) in [4.78, 5) is 37.5. The Kier molecular flexibility index (Phi) is 4.41. The van der Waals surface area contributed by atoms with Gasteiger partial charge in [-0.2, -0.15) is 0 Å². The summed E-state index contributed by atoms with van der Waals surface area (Å²) in [5, 5.41) is 0.812. The number of aryl methyl sites for hydroxylation is 2. The van der Waals surface area contributed by atoms with Crippen LogP contribution in [-0.4, -0.2) is 33.9 Å². The van der Waals surface area contributed by atoms with E-state index in [0.29, 0.717) is 6.54 Å². The number of piperidine rings is 1. The van der Waals surface area contributed by atoms with Gasteiger partial charge < -0.3 is 9.88 Å². The van der Waals surface area contributed by atoms with Crippen LogP contribution in [0.3, 0.4) is 0 Å². The average molecular weight is 374 g/mol. The third-order valence-corrected chi connectivity index (χ3v) is 6.77. The molecule has 5 nitrogen and oxygen atoms in total. The topological polar surface area (TPSA) is 66.1 Å². The highest BCUT2D eigenvalue weighted by atomic mass is 32.1. The van der Waals surface area contributed by atoms with Crippen LogP contribution < -0.4 is 5.56 Å². The van der Waals surface area contributed by atoms with Gasteiger partial charge in [0.25, 0.3) is 5.56 Å². The summed E-state index contributed by atoms with van der Waals surface area (Å²) in [6.45, 7) is 7.33. The number of hydrogen-bond donors (Lipinski definition) is 1. The summed E-state index contributed by atoms with van der Waals surface area (Å²) < 4.78 is 0. The zero-order valence-corrected chi connectivity index (χ0v) is 16.7. The first-order valence-electron chi connectivity index (χ1n) is 9.68. The molecule has 2 aromatic heterocycles. The molecule has 0 bridgehead atoms. The van der Waals surface area contributed by atoms with E-state index < -0.39 is 0 Å². The Morgan fingerprint density at radius 1 is 1.23 bits per heavy atom. The summed E-state index contributed by atoms with van der Waals surface area (Å²) in [6.07, 6.45) is 6.35. The number of carbonyl (C=O) groups is 1. The average Bonchev–Trinajstić information content (AvgIpc) is 2.99. The van der Waals surface area contributed by atoms with Crippen molar-refractivity contribution >= 4 is 27.5 Å². The first-order chi connectivity index (χ1) is 12.3. The second-order valence-electron chi connectivity index (χ2n) is 8.68. The van der Waals surface area contributed by atoms with Crippen LogP contribution in [0.5, 0.6) is 0 Å². The molecule has 6 heteroatoms. The lowest BCUT2D eigenvalue weighted by Gasteiger charge is -2.36. The molecule has 3 heterocycles. The van der Waals surface area contributed by atoms with E-state index >= 15 is 0 Å². The second-order valence-corrected chi connectivity index (χ2v) is 9.77. The van der Waals surface area contributed by atoms with Crippen molar-refractivity contribution in [3.63, 3.8) is 0 Å². The molecule has 1 atom stereocenters. The predicted octanol–water partition coefficient (Wildman–Crippen LogP) is 3.62.